The summed E-state index contributed by atoms with van der Waals surface area (Å²) in [6.45, 7) is 0. The van der Waals surface area contributed by atoms with E-state index in [9.17, 15) is 0 Å². The van der Waals surface area contributed by atoms with Crippen LogP contribution >= 0.6 is 190 Å². The molecule has 10 rings (SSSR count). The molecule has 0 atom stereocenters. The van der Waals surface area contributed by atoms with Crippen molar-refractivity contribution in [3.05, 3.63) is 123 Å². The van der Waals surface area contributed by atoms with Gasteiger partial charge >= 0.3 is 0 Å². The largest absolute Gasteiger partial charge is 0.174 e. The molecule has 0 aromatic heterocycles. The van der Waals surface area contributed by atoms with E-state index in [1.54, 1.807) is 0 Å². The van der Waals surface area contributed by atoms with Crippen molar-refractivity contribution in [2.45, 2.75) is 23.0 Å². The zero-order chi connectivity index (χ0) is 33.0. The maximum atomic E-state index is 4.59. The Hall–Kier alpha value is 2.48. The predicted octanol–water partition coefficient (Wildman–Crippen LogP) is 15.7. The molecule has 0 N–H and O–H groups in total. The van der Waals surface area contributed by atoms with Gasteiger partial charge in [-0.15, -0.1) is 70.6 Å². The van der Waals surface area contributed by atoms with Gasteiger partial charge in [-0.3, -0.25) is 0 Å². The zero-order valence-corrected chi connectivity index (χ0v) is 38.7. The lowest BCUT2D eigenvalue weighted by Gasteiger charge is -2.09. The Morgan fingerprint density at radius 3 is 0.958 bits per heavy atom. The Kier molecular flexibility index (Phi) is 15.2. The van der Waals surface area contributed by atoms with Crippen LogP contribution in [0, 0.1) is 0 Å². The van der Waals surface area contributed by atoms with E-state index in [2.05, 4.69) is 86.3 Å². The molecule has 2 aromatic rings. The van der Waals surface area contributed by atoms with Crippen LogP contribution in [0.1, 0.15) is 22.3 Å². The first kappa shape index (κ1) is 38.7. The molecule has 8 aliphatic rings. The summed E-state index contributed by atoms with van der Waals surface area (Å²) in [5.74, 6) is 5.50. The summed E-state index contributed by atoms with van der Waals surface area (Å²) in [7, 11) is 0. The highest BCUT2D eigenvalue weighted by atomic mass is 32.3. The maximum Gasteiger partial charge on any atom is 0.0717 e. The number of thioether (sulfide) groups is 14. The second-order valence-electron chi connectivity index (χ2n) is 10.0. The Labute approximate surface area is 355 Å². The fourth-order valence-corrected chi connectivity index (χ4v) is 25.0. The molecule has 0 radical (unpaired) electrons. The molecule has 252 valence electrons. The molecule has 4 bridgehead atoms. The van der Waals surface area contributed by atoms with E-state index in [0.717, 1.165) is 34.5 Å². The molecule has 0 nitrogen and oxygen atoms in total. The first-order valence-corrected chi connectivity index (χ1v) is 28.5. The standard InChI is InChI=1S/C32H28S16/c1-35-23-24(36-2)44-31(43-23)32-47-27-28(48-32)40-16-20-9-5-18(6-10-20)14-38-26-25(37-13-17-3-7-19(8-4-17)15-39-27)45-30(46-26)29-41-21(11-33)22(12-34)42-29/h3-10,33-34H,11-16H2,1-2H3. The van der Waals surface area contributed by atoms with Crippen molar-refractivity contribution in [3.63, 3.8) is 0 Å². The Morgan fingerprint density at radius 1 is 0.417 bits per heavy atom. The summed E-state index contributed by atoms with van der Waals surface area (Å²) >= 11 is 36.5. The third-order valence-electron chi connectivity index (χ3n) is 6.87. The molecular weight excluding hydrogens is 897 g/mol. The van der Waals surface area contributed by atoms with Crippen molar-refractivity contribution >= 4 is 190 Å². The third-order valence-corrected chi connectivity index (χ3v) is 28.2. The molecule has 0 fully saturated rings. The smallest absolute Gasteiger partial charge is 0.0717 e. The van der Waals surface area contributed by atoms with Crippen molar-refractivity contribution in [2.24, 2.45) is 0 Å². The quantitative estimate of drug-likeness (QED) is 0.280. The van der Waals surface area contributed by atoms with E-state index in [1.807, 2.05) is 165 Å². The van der Waals surface area contributed by atoms with Crippen molar-refractivity contribution in [3.8, 4) is 0 Å². The average Bonchev–Trinajstić information content (AvgIpc) is 3.92. The summed E-state index contributed by atoms with van der Waals surface area (Å²) in [4.78, 5) is 2.71. The minimum absolute atomic E-state index is 0.781. The van der Waals surface area contributed by atoms with Crippen LogP contribution in [0.4, 0.5) is 0 Å². The Bertz CT molecular complexity index is 1500. The number of hydrogen-bond acceptors (Lipinski definition) is 16. The van der Waals surface area contributed by atoms with Gasteiger partial charge in [0.2, 0.25) is 0 Å². The molecule has 0 amide bonds. The van der Waals surface area contributed by atoms with Gasteiger partial charge in [0.15, 0.2) is 0 Å². The van der Waals surface area contributed by atoms with Crippen LogP contribution in [-0.2, 0) is 23.0 Å². The Balaban J connectivity index is 1.10. The Morgan fingerprint density at radius 2 is 0.688 bits per heavy atom. The van der Waals surface area contributed by atoms with E-state index in [1.165, 1.54) is 74.4 Å². The van der Waals surface area contributed by atoms with E-state index < -0.39 is 0 Å². The summed E-state index contributed by atoms with van der Waals surface area (Å²) in [5.41, 5.74) is 5.54. The topological polar surface area (TPSA) is 0 Å². The lowest BCUT2D eigenvalue weighted by atomic mass is 10.2. The van der Waals surface area contributed by atoms with Crippen molar-refractivity contribution in [2.75, 3.05) is 24.0 Å². The minimum Gasteiger partial charge on any atom is -0.174 e. The fraction of sp³-hybridized carbons (Fsp3) is 0.250. The van der Waals surface area contributed by atoms with Crippen LogP contribution in [0.25, 0.3) is 0 Å². The molecule has 8 heterocycles. The highest BCUT2D eigenvalue weighted by Crippen LogP contribution is 2.67. The van der Waals surface area contributed by atoms with Gasteiger partial charge < -0.3 is 0 Å². The lowest BCUT2D eigenvalue weighted by Crippen LogP contribution is -1.87. The first-order chi connectivity index (χ1) is 23.5. The van der Waals surface area contributed by atoms with Crippen molar-refractivity contribution in [1.29, 1.82) is 0 Å². The van der Waals surface area contributed by atoms with Gasteiger partial charge in [-0.25, -0.2) is 0 Å². The molecule has 0 saturated carbocycles. The van der Waals surface area contributed by atoms with Crippen LogP contribution < -0.4 is 0 Å². The van der Waals surface area contributed by atoms with Crippen molar-refractivity contribution in [1.82, 2.24) is 0 Å². The molecule has 48 heavy (non-hydrogen) atoms. The van der Waals surface area contributed by atoms with E-state index in [4.69, 9.17) is 0 Å². The van der Waals surface area contributed by atoms with Gasteiger partial charge in [0.1, 0.15) is 0 Å². The average molecular weight is 926 g/mol. The zero-order valence-electron chi connectivity index (χ0n) is 25.5. The van der Waals surface area contributed by atoms with Crippen LogP contribution in [-0.4, -0.2) is 24.0 Å². The molecule has 0 saturated heterocycles. The highest BCUT2D eigenvalue weighted by molar-refractivity contribution is 8.45. The second kappa shape index (κ2) is 18.9. The van der Waals surface area contributed by atoms with Crippen LogP contribution in [0.15, 0.2) is 101 Å². The molecular formula is C32H28S16. The van der Waals surface area contributed by atoms with Gasteiger partial charge in [-0.05, 0) is 34.8 Å². The van der Waals surface area contributed by atoms with Gasteiger partial charge in [-0.1, -0.05) is 143 Å². The van der Waals surface area contributed by atoms with Crippen LogP contribution in [0.2, 0.25) is 0 Å². The lowest BCUT2D eigenvalue weighted by molar-refractivity contribution is 1.35. The maximum absolute atomic E-state index is 4.59. The normalized spacial score (nSPS) is 21.1. The number of benzene rings is 2. The molecule has 0 unspecified atom stereocenters. The number of rotatable bonds is 4. The molecule has 8 aliphatic heterocycles. The molecule has 16 heteroatoms. The third kappa shape index (κ3) is 9.64. The fourth-order valence-electron chi connectivity index (χ4n) is 4.41. The summed E-state index contributed by atoms with van der Waals surface area (Å²) < 4.78 is 14.4. The van der Waals surface area contributed by atoms with Crippen LogP contribution in [0.3, 0.4) is 0 Å². The molecule has 0 aliphatic carbocycles. The van der Waals surface area contributed by atoms with E-state index in [0.29, 0.717) is 0 Å². The summed E-state index contributed by atoms with van der Waals surface area (Å²) in [6, 6.07) is 18.7. The highest BCUT2D eigenvalue weighted by Gasteiger charge is 2.31. The molecule has 2 aromatic carbocycles. The van der Waals surface area contributed by atoms with Crippen LogP contribution in [0.5, 0.6) is 0 Å². The van der Waals surface area contributed by atoms with Gasteiger partial charge in [0.25, 0.3) is 0 Å². The molecule has 0 spiro atoms. The van der Waals surface area contributed by atoms with E-state index in [-0.39, 0.29) is 0 Å². The van der Waals surface area contributed by atoms with E-state index >= 15 is 0 Å². The summed E-state index contributed by atoms with van der Waals surface area (Å²) in [5, 5.41) is 0. The van der Waals surface area contributed by atoms with Gasteiger partial charge in [-0.2, -0.15) is 25.3 Å². The van der Waals surface area contributed by atoms with Crippen molar-refractivity contribution < 1.29 is 0 Å². The monoisotopic (exact) mass is 924 g/mol. The van der Waals surface area contributed by atoms with Gasteiger partial charge in [0.05, 0.1) is 42.4 Å². The number of hydrogen-bond donors (Lipinski definition) is 2. The minimum atomic E-state index is 0.781. The summed E-state index contributed by atoms with van der Waals surface area (Å²) in [6.07, 6.45) is 4.39. The first-order valence-electron chi connectivity index (χ1n) is 14.4. The second-order valence-corrected chi connectivity index (χ2v) is 27.2. The SMILES string of the molecule is CSC1=C(SC)SC(=C2SC3=C(SCc4ccc(cc4)CSC4=C(SCc5ccc(cc5)CS3)SC(=C3SC(CS)=C(CS)S3)S4)S2)S1. The predicted molar refractivity (Wildman–Crippen MR) is 256 cm³/mol. The number of thiol groups is 2. The van der Waals surface area contributed by atoms with Gasteiger partial charge in [0, 0.05) is 44.3 Å².